The number of ether oxygens (including phenoxy) is 2. The number of anilines is 1. The molecule has 1 N–H and O–H groups in total. The normalized spacial score (nSPS) is 12.2. The third-order valence-corrected chi connectivity index (χ3v) is 6.11. The number of nitrogens with one attached hydrogen (secondary N) is 1. The summed E-state index contributed by atoms with van der Waals surface area (Å²) in [6, 6.07) is 9.43. The molecule has 0 saturated heterocycles. The number of carbonyl (C=O) groups is 1. The van der Waals surface area contributed by atoms with Crippen LogP contribution in [-0.2, 0) is 14.8 Å². The molecule has 7 nitrogen and oxygen atoms in total. The van der Waals surface area contributed by atoms with Crippen molar-refractivity contribution in [3.63, 3.8) is 0 Å². The summed E-state index contributed by atoms with van der Waals surface area (Å²) in [5, 5.41) is 3.02. The SMILES string of the molecule is COc1ccc([C@@H](C)NC(=O)CN(c2cccc(Cl)c2Cl)S(C)(=O)=O)cc1OC. The zero-order chi connectivity index (χ0) is 21.8. The zero-order valence-corrected chi connectivity index (χ0v) is 18.7. The Kier molecular flexibility index (Phi) is 7.62. The lowest BCUT2D eigenvalue weighted by Crippen LogP contribution is -2.41. The summed E-state index contributed by atoms with van der Waals surface area (Å²) in [4.78, 5) is 12.6. The Hall–Kier alpha value is -2.16. The molecule has 10 heteroatoms. The highest BCUT2D eigenvalue weighted by atomic mass is 35.5. The van der Waals surface area contributed by atoms with E-state index in [1.165, 1.54) is 26.4 Å². The van der Waals surface area contributed by atoms with Crippen LogP contribution in [0.2, 0.25) is 10.0 Å². The molecule has 158 valence electrons. The van der Waals surface area contributed by atoms with Crippen molar-refractivity contribution < 1.29 is 22.7 Å². The van der Waals surface area contributed by atoms with Gasteiger partial charge in [-0.05, 0) is 36.8 Å². The number of benzene rings is 2. The molecule has 0 aromatic heterocycles. The lowest BCUT2D eigenvalue weighted by Gasteiger charge is -2.24. The molecule has 0 radical (unpaired) electrons. The van der Waals surface area contributed by atoms with Crippen molar-refractivity contribution in [2.45, 2.75) is 13.0 Å². The molecule has 0 aliphatic carbocycles. The number of amides is 1. The fourth-order valence-corrected chi connectivity index (χ4v) is 4.00. The Labute approximate surface area is 180 Å². The second-order valence-corrected chi connectivity index (χ2v) is 8.94. The van der Waals surface area contributed by atoms with E-state index in [1.807, 2.05) is 0 Å². The summed E-state index contributed by atoms with van der Waals surface area (Å²) in [6.45, 7) is 1.33. The maximum atomic E-state index is 12.6. The fraction of sp³-hybridized carbons (Fsp3) is 0.316. The number of sulfonamides is 1. The van der Waals surface area contributed by atoms with Crippen LogP contribution in [0.3, 0.4) is 0 Å². The summed E-state index contributed by atoms with van der Waals surface area (Å²) >= 11 is 12.1. The van der Waals surface area contributed by atoms with Crippen molar-refractivity contribution in [1.29, 1.82) is 0 Å². The van der Waals surface area contributed by atoms with Gasteiger partial charge in [-0.3, -0.25) is 9.10 Å². The van der Waals surface area contributed by atoms with E-state index in [-0.39, 0.29) is 15.7 Å². The molecule has 2 aromatic rings. The van der Waals surface area contributed by atoms with Crippen LogP contribution in [0, 0.1) is 0 Å². The lowest BCUT2D eigenvalue weighted by molar-refractivity contribution is -0.120. The lowest BCUT2D eigenvalue weighted by atomic mass is 10.1. The number of halogens is 2. The van der Waals surface area contributed by atoms with E-state index >= 15 is 0 Å². The highest BCUT2D eigenvalue weighted by Gasteiger charge is 2.24. The van der Waals surface area contributed by atoms with Crippen molar-refractivity contribution in [2.75, 3.05) is 31.3 Å². The quantitative estimate of drug-likeness (QED) is 0.649. The molecule has 0 aliphatic heterocycles. The molecular formula is C19H22Cl2N2O5S. The molecule has 0 heterocycles. The van der Waals surface area contributed by atoms with Crippen LogP contribution in [0.25, 0.3) is 0 Å². The zero-order valence-electron chi connectivity index (χ0n) is 16.4. The first-order valence-electron chi connectivity index (χ1n) is 8.51. The largest absolute Gasteiger partial charge is 0.493 e. The first-order chi connectivity index (χ1) is 13.6. The van der Waals surface area contributed by atoms with E-state index < -0.39 is 28.5 Å². The summed E-state index contributed by atoms with van der Waals surface area (Å²) in [6.07, 6.45) is 0.995. The molecule has 2 aromatic carbocycles. The first-order valence-corrected chi connectivity index (χ1v) is 11.1. The number of hydrogen-bond acceptors (Lipinski definition) is 5. The van der Waals surface area contributed by atoms with E-state index in [1.54, 1.807) is 31.2 Å². The number of carbonyl (C=O) groups excluding carboxylic acids is 1. The van der Waals surface area contributed by atoms with Gasteiger partial charge in [-0.25, -0.2) is 8.42 Å². The molecule has 0 spiro atoms. The van der Waals surface area contributed by atoms with Gasteiger partial charge >= 0.3 is 0 Å². The summed E-state index contributed by atoms with van der Waals surface area (Å²) in [7, 11) is -0.731. The predicted molar refractivity (Wildman–Crippen MR) is 115 cm³/mol. The van der Waals surface area contributed by atoms with Gasteiger partial charge in [0.25, 0.3) is 0 Å². The van der Waals surface area contributed by atoms with E-state index in [0.717, 1.165) is 16.1 Å². The fourth-order valence-electron chi connectivity index (χ4n) is 2.69. The van der Waals surface area contributed by atoms with Gasteiger partial charge < -0.3 is 14.8 Å². The third kappa shape index (κ3) is 5.68. The van der Waals surface area contributed by atoms with Gasteiger partial charge in [0.15, 0.2) is 11.5 Å². The van der Waals surface area contributed by atoms with Crippen molar-refractivity contribution >= 4 is 44.8 Å². The maximum absolute atomic E-state index is 12.6. The van der Waals surface area contributed by atoms with Gasteiger partial charge in [0.1, 0.15) is 6.54 Å². The van der Waals surface area contributed by atoms with Crippen LogP contribution in [0.15, 0.2) is 36.4 Å². The third-order valence-electron chi connectivity index (χ3n) is 4.17. The topological polar surface area (TPSA) is 84.9 Å². The van der Waals surface area contributed by atoms with Gasteiger partial charge in [0, 0.05) is 0 Å². The number of rotatable bonds is 8. The summed E-state index contributed by atoms with van der Waals surface area (Å²) < 4.78 is 35.9. The minimum atomic E-state index is -3.78. The molecular weight excluding hydrogens is 439 g/mol. The Bertz CT molecular complexity index is 998. The molecule has 29 heavy (non-hydrogen) atoms. The molecule has 0 fully saturated rings. The van der Waals surface area contributed by atoms with E-state index in [2.05, 4.69) is 5.32 Å². The van der Waals surface area contributed by atoms with Crippen molar-refractivity contribution in [3.8, 4) is 11.5 Å². The van der Waals surface area contributed by atoms with Crippen molar-refractivity contribution in [3.05, 3.63) is 52.0 Å². The highest BCUT2D eigenvalue weighted by molar-refractivity contribution is 7.92. The predicted octanol–water partition coefficient (Wildman–Crippen LogP) is 3.65. The standard InChI is InChI=1S/C19H22Cl2N2O5S/c1-12(13-8-9-16(27-2)17(10-13)28-3)22-18(24)11-23(29(4,25)26)15-7-5-6-14(20)19(15)21/h5-10,12H,11H2,1-4H3,(H,22,24)/t12-/m1/s1. The minimum Gasteiger partial charge on any atom is -0.493 e. The van der Waals surface area contributed by atoms with E-state index in [4.69, 9.17) is 32.7 Å². The minimum absolute atomic E-state index is 0.0559. The average Bonchev–Trinajstić information content (AvgIpc) is 2.67. The van der Waals surface area contributed by atoms with Gasteiger partial charge in [-0.2, -0.15) is 0 Å². The molecule has 2 rings (SSSR count). The molecule has 1 amide bonds. The van der Waals surface area contributed by atoms with Crippen LogP contribution in [0.5, 0.6) is 11.5 Å². The van der Waals surface area contributed by atoms with Crippen molar-refractivity contribution in [2.24, 2.45) is 0 Å². The molecule has 0 aliphatic rings. The van der Waals surface area contributed by atoms with Crippen LogP contribution < -0.4 is 19.1 Å². The van der Waals surface area contributed by atoms with Crippen molar-refractivity contribution in [1.82, 2.24) is 5.32 Å². The Morgan fingerprint density at radius 2 is 1.79 bits per heavy atom. The van der Waals surface area contributed by atoms with E-state index in [9.17, 15) is 13.2 Å². The number of hydrogen-bond donors (Lipinski definition) is 1. The maximum Gasteiger partial charge on any atom is 0.241 e. The summed E-state index contributed by atoms with van der Waals surface area (Å²) in [5.74, 6) is 0.581. The monoisotopic (exact) mass is 460 g/mol. The van der Waals surface area contributed by atoms with E-state index in [0.29, 0.717) is 11.5 Å². The van der Waals surface area contributed by atoms with Crippen LogP contribution >= 0.6 is 23.2 Å². The second-order valence-electron chi connectivity index (χ2n) is 6.25. The molecule has 0 saturated carbocycles. The Morgan fingerprint density at radius 3 is 2.38 bits per heavy atom. The summed E-state index contributed by atoms with van der Waals surface area (Å²) in [5.41, 5.74) is 0.901. The van der Waals surface area contributed by atoms with Crippen LogP contribution in [0.4, 0.5) is 5.69 Å². The van der Waals surface area contributed by atoms with Gasteiger partial charge in [-0.15, -0.1) is 0 Å². The number of methoxy groups -OCH3 is 2. The smallest absolute Gasteiger partial charge is 0.241 e. The van der Waals surface area contributed by atoms with Gasteiger partial charge in [-0.1, -0.05) is 35.3 Å². The van der Waals surface area contributed by atoms with Gasteiger partial charge in [0.2, 0.25) is 15.9 Å². The van der Waals surface area contributed by atoms with Crippen LogP contribution in [0.1, 0.15) is 18.5 Å². The first kappa shape index (κ1) is 23.1. The highest BCUT2D eigenvalue weighted by Crippen LogP contribution is 2.34. The Morgan fingerprint density at radius 1 is 1.14 bits per heavy atom. The van der Waals surface area contributed by atoms with Gasteiger partial charge in [0.05, 0.1) is 42.2 Å². The average molecular weight is 461 g/mol. The molecule has 0 unspecified atom stereocenters. The molecule has 1 atom stereocenters. The number of nitrogens with zero attached hydrogens (tertiary/aromatic N) is 1. The van der Waals surface area contributed by atoms with Crippen LogP contribution in [-0.4, -0.2) is 41.3 Å². The molecule has 0 bridgehead atoms. The second kappa shape index (κ2) is 9.56. The Balaban J connectivity index is 2.21.